The average Bonchev–Trinajstić information content (AvgIpc) is 3.52. The Morgan fingerprint density at radius 2 is 2.10 bits per heavy atom. The molecule has 3 aromatic rings. The van der Waals surface area contributed by atoms with Gasteiger partial charge in [0, 0.05) is 12.2 Å². The molecule has 9 heteroatoms. The molecule has 1 amide bonds. The lowest BCUT2D eigenvalue weighted by Crippen LogP contribution is -2.46. The Hall–Kier alpha value is -3.07. The Kier molecular flexibility index (Phi) is 4.39. The van der Waals surface area contributed by atoms with E-state index >= 15 is 0 Å². The summed E-state index contributed by atoms with van der Waals surface area (Å²) in [4.78, 5) is 26.6. The number of thioether (sulfide) groups is 1. The second-order valence-electron chi connectivity index (χ2n) is 6.83. The van der Waals surface area contributed by atoms with Gasteiger partial charge < -0.3 is 18.5 Å². The Balaban J connectivity index is 1.30. The van der Waals surface area contributed by atoms with E-state index in [9.17, 15) is 9.59 Å². The molecule has 0 saturated carbocycles. The van der Waals surface area contributed by atoms with Crippen LogP contribution in [0.5, 0.6) is 0 Å². The fourth-order valence-corrected chi connectivity index (χ4v) is 5.49. The number of fused-ring (bicyclic) bond motifs is 1. The number of carbonyl (C=O) groups is 2. The second-order valence-corrected chi connectivity index (χ2v) is 8.12. The van der Waals surface area contributed by atoms with Crippen LogP contribution in [0, 0.1) is 0 Å². The van der Waals surface area contributed by atoms with Crippen molar-refractivity contribution in [1.82, 2.24) is 15.1 Å². The summed E-state index contributed by atoms with van der Waals surface area (Å²) in [7, 11) is 0. The fraction of sp³-hybridized carbons (Fsp3) is 0.300. The number of hydrogen-bond acceptors (Lipinski definition) is 8. The van der Waals surface area contributed by atoms with Crippen LogP contribution in [0.4, 0.5) is 0 Å². The molecule has 0 N–H and O–H groups in total. The SMILES string of the molecule is O=C(OCc1nnc(-c2ccco2)o1)[C@@H]1CS[C@@]2(c3ccccc3)CCC(=O)N12. The van der Waals surface area contributed by atoms with E-state index in [1.54, 1.807) is 28.8 Å². The summed E-state index contributed by atoms with van der Waals surface area (Å²) >= 11 is 1.62. The predicted molar refractivity (Wildman–Crippen MR) is 102 cm³/mol. The van der Waals surface area contributed by atoms with Crippen LogP contribution in [0.2, 0.25) is 0 Å². The van der Waals surface area contributed by atoms with Crippen molar-refractivity contribution in [3.8, 4) is 11.7 Å². The number of furan rings is 1. The number of aromatic nitrogens is 2. The largest absolute Gasteiger partial charge is 0.459 e. The Bertz CT molecular complexity index is 1040. The highest BCUT2D eigenvalue weighted by Crippen LogP contribution is 2.54. The summed E-state index contributed by atoms with van der Waals surface area (Å²) in [5.41, 5.74) is 1.03. The van der Waals surface area contributed by atoms with Crippen LogP contribution in [0.15, 0.2) is 57.6 Å². The van der Waals surface area contributed by atoms with Gasteiger partial charge in [0.1, 0.15) is 10.9 Å². The number of amides is 1. The number of carbonyl (C=O) groups excluding carboxylic acids is 2. The standard InChI is InChI=1S/C20H17N3O5S/c24-17-8-9-20(13-5-2-1-3-6-13)23(17)14(12-29-20)19(25)27-11-16-21-22-18(28-16)15-7-4-10-26-15/h1-7,10,14H,8-9,11-12H2/t14-,20+/m0/s1. The van der Waals surface area contributed by atoms with Gasteiger partial charge in [-0.15, -0.1) is 22.0 Å². The number of ether oxygens (including phenoxy) is 1. The van der Waals surface area contributed by atoms with Crippen molar-refractivity contribution in [1.29, 1.82) is 0 Å². The highest BCUT2D eigenvalue weighted by Gasteiger charge is 2.57. The Morgan fingerprint density at radius 3 is 2.90 bits per heavy atom. The lowest BCUT2D eigenvalue weighted by Gasteiger charge is -2.33. The molecule has 0 unspecified atom stereocenters. The third kappa shape index (κ3) is 3.02. The van der Waals surface area contributed by atoms with Gasteiger partial charge in [0.25, 0.3) is 11.8 Å². The van der Waals surface area contributed by atoms with Crippen molar-refractivity contribution in [3.05, 3.63) is 60.2 Å². The summed E-state index contributed by atoms with van der Waals surface area (Å²) in [5, 5.41) is 7.75. The van der Waals surface area contributed by atoms with Crippen molar-refractivity contribution >= 4 is 23.6 Å². The lowest BCUT2D eigenvalue weighted by molar-refractivity contribution is -0.155. The third-order valence-corrected chi connectivity index (χ3v) is 6.76. The molecular formula is C20H17N3O5S. The molecule has 2 saturated heterocycles. The number of esters is 1. The molecule has 2 atom stereocenters. The topological polar surface area (TPSA) is 98.7 Å². The molecular weight excluding hydrogens is 394 g/mol. The smallest absolute Gasteiger partial charge is 0.330 e. The van der Waals surface area contributed by atoms with E-state index in [-0.39, 0.29) is 24.3 Å². The second kappa shape index (κ2) is 7.07. The molecule has 0 bridgehead atoms. The number of rotatable bonds is 5. The van der Waals surface area contributed by atoms with E-state index in [1.807, 2.05) is 30.3 Å². The van der Waals surface area contributed by atoms with Crippen LogP contribution in [0.3, 0.4) is 0 Å². The van der Waals surface area contributed by atoms with E-state index in [4.69, 9.17) is 13.6 Å². The van der Waals surface area contributed by atoms with Crippen molar-refractivity contribution in [2.24, 2.45) is 0 Å². The van der Waals surface area contributed by atoms with Crippen molar-refractivity contribution in [3.63, 3.8) is 0 Å². The highest BCUT2D eigenvalue weighted by atomic mass is 32.2. The van der Waals surface area contributed by atoms with Crippen LogP contribution < -0.4 is 0 Å². The van der Waals surface area contributed by atoms with Gasteiger partial charge in [0.05, 0.1) is 6.26 Å². The minimum absolute atomic E-state index is 0.0290. The van der Waals surface area contributed by atoms with Gasteiger partial charge in [-0.3, -0.25) is 4.79 Å². The van der Waals surface area contributed by atoms with Gasteiger partial charge >= 0.3 is 5.97 Å². The first kappa shape index (κ1) is 18.0. The maximum Gasteiger partial charge on any atom is 0.330 e. The minimum Gasteiger partial charge on any atom is -0.459 e. The normalized spacial score (nSPS) is 23.4. The summed E-state index contributed by atoms with van der Waals surface area (Å²) in [6.45, 7) is -0.159. The van der Waals surface area contributed by atoms with Crippen LogP contribution in [-0.4, -0.2) is 38.8 Å². The molecule has 2 fully saturated rings. The molecule has 29 heavy (non-hydrogen) atoms. The zero-order valence-electron chi connectivity index (χ0n) is 15.3. The van der Waals surface area contributed by atoms with Gasteiger partial charge in [-0.25, -0.2) is 4.79 Å². The van der Waals surface area contributed by atoms with E-state index in [1.165, 1.54) is 6.26 Å². The predicted octanol–water partition coefficient (Wildman–Crippen LogP) is 2.96. The molecule has 5 rings (SSSR count). The molecule has 0 aliphatic carbocycles. The number of hydrogen-bond donors (Lipinski definition) is 0. The quantitative estimate of drug-likeness (QED) is 0.591. The Morgan fingerprint density at radius 1 is 1.24 bits per heavy atom. The summed E-state index contributed by atoms with van der Waals surface area (Å²) in [6, 6.07) is 12.6. The average molecular weight is 411 g/mol. The molecule has 1 aromatic carbocycles. The molecule has 8 nitrogen and oxygen atoms in total. The summed E-state index contributed by atoms with van der Waals surface area (Å²) < 4.78 is 16.1. The Labute approximate surface area is 170 Å². The van der Waals surface area contributed by atoms with E-state index in [2.05, 4.69) is 10.2 Å². The highest BCUT2D eigenvalue weighted by molar-refractivity contribution is 8.00. The van der Waals surface area contributed by atoms with Gasteiger partial charge in [-0.2, -0.15) is 0 Å². The molecule has 0 spiro atoms. The van der Waals surface area contributed by atoms with Gasteiger partial charge in [0.15, 0.2) is 12.4 Å². The maximum atomic E-state index is 12.8. The molecule has 148 valence electrons. The summed E-state index contributed by atoms with van der Waals surface area (Å²) in [6.07, 6.45) is 2.60. The monoisotopic (exact) mass is 411 g/mol. The first-order chi connectivity index (χ1) is 14.2. The van der Waals surface area contributed by atoms with Gasteiger partial charge in [0.2, 0.25) is 5.91 Å². The maximum absolute atomic E-state index is 12.8. The molecule has 0 radical (unpaired) electrons. The zero-order valence-corrected chi connectivity index (χ0v) is 16.1. The van der Waals surface area contributed by atoms with E-state index in [0.29, 0.717) is 24.4 Å². The van der Waals surface area contributed by atoms with Gasteiger partial charge in [-0.05, 0) is 24.1 Å². The molecule has 2 aliphatic heterocycles. The van der Waals surface area contributed by atoms with E-state index < -0.39 is 16.9 Å². The van der Waals surface area contributed by atoms with Crippen molar-refractivity contribution < 1.29 is 23.2 Å². The number of nitrogens with zero attached hydrogens (tertiary/aromatic N) is 3. The van der Waals surface area contributed by atoms with Crippen LogP contribution in [0.25, 0.3) is 11.7 Å². The lowest BCUT2D eigenvalue weighted by atomic mass is 10.0. The van der Waals surface area contributed by atoms with Crippen molar-refractivity contribution in [2.75, 3.05) is 5.75 Å². The molecule has 2 aliphatic rings. The van der Waals surface area contributed by atoms with Crippen molar-refractivity contribution in [2.45, 2.75) is 30.4 Å². The first-order valence-electron chi connectivity index (χ1n) is 9.22. The van der Waals surface area contributed by atoms with Gasteiger partial charge in [-0.1, -0.05) is 30.3 Å². The fourth-order valence-electron chi connectivity index (χ4n) is 3.86. The molecule has 2 aromatic heterocycles. The minimum atomic E-state index is -0.636. The van der Waals surface area contributed by atoms with Crippen LogP contribution in [0.1, 0.15) is 24.3 Å². The zero-order chi connectivity index (χ0) is 19.8. The molecule has 4 heterocycles. The third-order valence-electron chi connectivity index (χ3n) is 5.16. The number of benzene rings is 1. The summed E-state index contributed by atoms with van der Waals surface area (Å²) in [5.74, 6) is 0.813. The van der Waals surface area contributed by atoms with E-state index in [0.717, 1.165) is 5.56 Å². The first-order valence-corrected chi connectivity index (χ1v) is 10.2. The van der Waals surface area contributed by atoms with Crippen LogP contribution in [-0.2, 0) is 25.8 Å². The van der Waals surface area contributed by atoms with Crippen LogP contribution >= 0.6 is 11.8 Å².